The van der Waals surface area contributed by atoms with Gasteiger partial charge < -0.3 is 9.84 Å². The quantitative estimate of drug-likeness (QED) is 0.929. The zero-order valence-corrected chi connectivity index (χ0v) is 13.4. The summed E-state index contributed by atoms with van der Waals surface area (Å²) in [5.41, 5.74) is 0.0830. The molecule has 0 aromatic heterocycles. The summed E-state index contributed by atoms with van der Waals surface area (Å²) in [7, 11) is -0.758. The average molecular weight is 308 g/mol. The summed E-state index contributed by atoms with van der Waals surface area (Å²) in [5.74, 6) is 0.819. The minimum atomic E-state index is -0.838. The highest BCUT2D eigenvalue weighted by Gasteiger charge is 2.46. The van der Waals surface area contributed by atoms with Crippen molar-refractivity contribution in [2.45, 2.75) is 61.5 Å². The van der Waals surface area contributed by atoms with Crippen molar-refractivity contribution in [2.75, 3.05) is 6.61 Å². The Morgan fingerprint density at radius 2 is 2.05 bits per heavy atom. The van der Waals surface area contributed by atoms with Gasteiger partial charge in [-0.1, -0.05) is 25.5 Å². The molecular weight excluding hydrogens is 284 g/mol. The highest BCUT2D eigenvalue weighted by atomic mass is 32.2. The van der Waals surface area contributed by atoms with Gasteiger partial charge in [0.25, 0.3) is 0 Å². The SMILES string of the molecule is CCCOc1cccc(C2(O)CC3CCCC(C2)S3=O)c1. The molecule has 0 spiro atoms. The number of hydrogen-bond donors (Lipinski definition) is 1. The molecule has 1 aromatic rings. The molecule has 0 amide bonds. The Bertz CT molecular complexity index is 513. The van der Waals surface area contributed by atoms with Gasteiger partial charge in [-0.2, -0.15) is 0 Å². The number of benzene rings is 1. The molecule has 2 saturated heterocycles. The topological polar surface area (TPSA) is 46.5 Å². The summed E-state index contributed by atoms with van der Waals surface area (Å²) < 4.78 is 18.0. The van der Waals surface area contributed by atoms with Crippen LogP contribution in [0, 0.1) is 0 Å². The predicted octanol–water partition coefficient (Wildman–Crippen LogP) is 3.13. The molecule has 2 fully saturated rings. The first-order chi connectivity index (χ1) is 10.1. The lowest BCUT2D eigenvalue weighted by molar-refractivity contribution is 0.00633. The van der Waals surface area contributed by atoms with Gasteiger partial charge in [-0.05, 0) is 49.8 Å². The van der Waals surface area contributed by atoms with Crippen LogP contribution in [0.3, 0.4) is 0 Å². The van der Waals surface area contributed by atoms with E-state index in [0.717, 1.165) is 37.0 Å². The van der Waals surface area contributed by atoms with E-state index in [1.54, 1.807) is 0 Å². The van der Waals surface area contributed by atoms with Gasteiger partial charge in [0.15, 0.2) is 0 Å². The molecule has 0 saturated carbocycles. The summed E-state index contributed by atoms with van der Waals surface area (Å²) in [6.45, 7) is 2.77. The van der Waals surface area contributed by atoms with Crippen molar-refractivity contribution < 1.29 is 14.1 Å². The number of fused-ring (bicyclic) bond motifs is 2. The Hall–Kier alpha value is -0.870. The first-order valence-corrected chi connectivity index (χ1v) is 9.25. The van der Waals surface area contributed by atoms with Gasteiger partial charge in [-0.25, -0.2) is 0 Å². The molecule has 2 heterocycles. The number of rotatable bonds is 4. The Labute approximate surface area is 129 Å². The number of aliphatic hydroxyl groups is 1. The van der Waals surface area contributed by atoms with E-state index < -0.39 is 16.4 Å². The molecule has 21 heavy (non-hydrogen) atoms. The van der Waals surface area contributed by atoms with Crippen LogP contribution in [0.15, 0.2) is 24.3 Å². The van der Waals surface area contributed by atoms with E-state index in [-0.39, 0.29) is 10.5 Å². The Morgan fingerprint density at radius 3 is 2.71 bits per heavy atom. The van der Waals surface area contributed by atoms with Crippen molar-refractivity contribution in [1.29, 1.82) is 0 Å². The molecule has 0 aliphatic carbocycles. The van der Waals surface area contributed by atoms with Crippen molar-refractivity contribution in [3.63, 3.8) is 0 Å². The summed E-state index contributed by atoms with van der Waals surface area (Å²) in [5, 5.41) is 11.4. The molecule has 116 valence electrons. The van der Waals surface area contributed by atoms with Gasteiger partial charge in [0, 0.05) is 21.3 Å². The van der Waals surface area contributed by atoms with Crippen LogP contribution in [0.4, 0.5) is 0 Å². The lowest BCUT2D eigenvalue weighted by Crippen LogP contribution is -2.47. The fraction of sp³-hybridized carbons (Fsp3) is 0.647. The molecule has 2 atom stereocenters. The second kappa shape index (κ2) is 6.09. The number of ether oxygens (including phenoxy) is 1. The first kappa shape index (κ1) is 15.0. The Kier molecular flexibility index (Phi) is 4.36. The summed E-state index contributed by atoms with van der Waals surface area (Å²) >= 11 is 0. The van der Waals surface area contributed by atoms with Crippen LogP contribution in [0.25, 0.3) is 0 Å². The second-order valence-corrected chi connectivity index (χ2v) is 8.31. The van der Waals surface area contributed by atoms with E-state index in [9.17, 15) is 9.32 Å². The van der Waals surface area contributed by atoms with Gasteiger partial charge in [-0.3, -0.25) is 4.21 Å². The number of hydrogen-bond acceptors (Lipinski definition) is 3. The maximum Gasteiger partial charge on any atom is 0.119 e. The lowest BCUT2D eigenvalue weighted by Gasteiger charge is -2.43. The van der Waals surface area contributed by atoms with E-state index in [1.807, 2.05) is 24.3 Å². The normalized spacial score (nSPS) is 35.4. The van der Waals surface area contributed by atoms with E-state index in [1.165, 1.54) is 0 Å². The average Bonchev–Trinajstić information content (AvgIpc) is 2.47. The monoisotopic (exact) mass is 308 g/mol. The van der Waals surface area contributed by atoms with E-state index >= 15 is 0 Å². The highest BCUT2D eigenvalue weighted by Crippen LogP contribution is 2.44. The standard InChI is InChI=1S/C17H24O3S/c1-2-9-20-14-6-3-5-13(10-14)17(18)11-15-7-4-8-16(12-17)21(15)19/h3,5-6,10,15-16,18H,2,4,7-9,11-12H2,1H3. The van der Waals surface area contributed by atoms with Crippen LogP contribution >= 0.6 is 0 Å². The van der Waals surface area contributed by atoms with Crippen LogP contribution in [-0.2, 0) is 16.4 Å². The second-order valence-electron chi connectivity index (χ2n) is 6.32. The minimum absolute atomic E-state index is 0.155. The van der Waals surface area contributed by atoms with Crippen molar-refractivity contribution in [3.05, 3.63) is 29.8 Å². The van der Waals surface area contributed by atoms with Crippen LogP contribution in [0.5, 0.6) is 5.75 Å². The van der Waals surface area contributed by atoms with Gasteiger partial charge in [-0.15, -0.1) is 0 Å². The van der Waals surface area contributed by atoms with Crippen molar-refractivity contribution >= 4 is 10.8 Å². The van der Waals surface area contributed by atoms with E-state index in [0.29, 0.717) is 19.4 Å². The van der Waals surface area contributed by atoms with Gasteiger partial charge >= 0.3 is 0 Å². The van der Waals surface area contributed by atoms with E-state index in [4.69, 9.17) is 4.74 Å². The van der Waals surface area contributed by atoms with Crippen LogP contribution < -0.4 is 4.74 Å². The molecular formula is C17H24O3S. The zero-order valence-electron chi connectivity index (χ0n) is 12.6. The van der Waals surface area contributed by atoms with Crippen molar-refractivity contribution in [3.8, 4) is 5.75 Å². The molecule has 2 aliphatic rings. The van der Waals surface area contributed by atoms with E-state index in [2.05, 4.69) is 6.92 Å². The summed E-state index contributed by atoms with van der Waals surface area (Å²) in [4.78, 5) is 0. The predicted molar refractivity (Wildman–Crippen MR) is 84.9 cm³/mol. The third-order valence-electron chi connectivity index (χ3n) is 4.68. The third-order valence-corrected chi connectivity index (χ3v) is 6.80. The molecule has 0 radical (unpaired) electrons. The van der Waals surface area contributed by atoms with Crippen molar-refractivity contribution in [1.82, 2.24) is 0 Å². The van der Waals surface area contributed by atoms with Crippen LogP contribution in [0.1, 0.15) is 51.0 Å². The van der Waals surface area contributed by atoms with Gasteiger partial charge in [0.1, 0.15) is 5.75 Å². The fourth-order valence-electron chi connectivity index (χ4n) is 3.61. The summed E-state index contributed by atoms with van der Waals surface area (Å²) in [6, 6.07) is 7.81. The molecule has 1 aromatic carbocycles. The van der Waals surface area contributed by atoms with Crippen LogP contribution in [-0.4, -0.2) is 26.4 Å². The lowest BCUT2D eigenvalue weighted by atomic mass is 9.80. The maximum absolute atomic E-state index is 12.3. The molecule has 2 unspecified atom stereocenters. The summed E-state index contributed by atoms with van der Waals surface area (Å²) in [6.07, 6.45) is 5.32. The zero-order chi connectivity index (χ0) is 14.9. The molecule has 3 rings (SSSR count). The maximum atomic E-state index is 12.3. The smallest absolute Gasteiger partial charge is 0.119 e. The Balaban J connectivity index is 1.83. The molecule has 1 N–H and O–H groups in total. The molecule has 3 nitrogen and oxygen atoms in total. The minimum Gasteiger partial charge on any atom is -0.494 e. The Morgan fingerprint density at radius 1 is 1.33 bits per heavy atom. The molecule has 2 aliphatic heterocycles. The molecule has 2 bridgehead atoms. The first-order valence-electron chi connectivity index (χ1n) is 7.97. The largest absolute Gasteiger partial charge is 0.494 e. The van der Waals surface area contributed by atoms with Crippen LogP contribution in [0.2, 0.25) is 0 Å². The van der Waals surface area contributed by atoms with Crippen molar-refractivity contribution in [2.24, 2.45) is 0 Å². The highest BCUT2D eigenvalue weighted by molar-refractivity contribution is 7.86. The van der Waals surface area contributed by atoms with Gasteiger partial charge in [0.2, 0.25) is 0 Å². The molecule has 4 heteroatoms. The fourth-order valence-corrected chi connectivity index (χ4v) is 5.84. The van der Waals surface area contributed by atoms with Gasteiger partial charge in [0.05, 0.1) is 12.2 Å². The third kappa shape index (κ3) is 3.02.